The van der Waals surface area contributed by atoms with Crippen molar-refractivity contribution < 1.29 is 4.79 Å². The Hall–Kier alpha value is -1.55. The second-order valence-electron chi connectivity index (χ2n) is 5.62. The summed E-state index contributed by atoms with van der Waals surface area (Å²) in [5.41, 5.74) is 8.39. The molecule has 19 heavy (non-hydrogen) atoms. The number of hydrogen-bond donors (Lipinski definition) is 2. The number of rotatable bonds is 4. The van der Waals surface area contributed by atoms with Gasteiger partial charge in [0.25, 0.3) is 0 Å². The van der Waals surface area contributed by atoms with Gasteiger partial charge in [0.15, 0.2) is 0 Å². The number of carbonyl (C=O) groups is 1. The van der Waals surface area contributed by atoms with Crippen LogP contribution in [0.3, 0.4) is 0 Å². The summed E-state index contributed by atoms with van der Waals surface area (Å²) in [5.74, 6) is 0.850. The maximum atomic E-state index is 12.0. The average Bonchev–Trinajstić information content (AvgIpc) is 3.24. The number of fused-ring (bicyclic) bond motifs is 1. The monoisotopic (exact) mass is 259 g/mol. The Morgan fingerprint density at radius 3 is 2.89 bits per heavy atom. The number of hydrogen-bond acceptors (Lipinski definition) is 3. The van der Waals surface area contributed by atoms with Crippen molar-refractivity contribution in [2.75, 3.05) is 24.5 Å². The van der Waals surface area contributed by atoms with Crippen molar-refractivity contribution in [2.45, 2.75) is 25.3 Å². The van der Waals surface area contributed by atoms with Gasteiger partial charge in [-0.2, -0.15) is 0 Å². The SMILES string of the molecule is NC1CCN(CC(=O)NCC2CC2)c2ccccc21. The van der Waals surface area contributed by atoms with E-state index < -0.39 is 0 Å². The Kier molecular flexibility index (Phi) is 3.42. The number of benzene rings is 1. The second-order valence-corrected chi connectivity index (χ2v) is 5.62. The molecule has 4 nitrogen and oxygen atoms in total. The summed E-state index contributed by atoms with van der Waals surface area (Å²) in [7, 11) is 0. The van der Waals surface area contributed by atoms with Gasteiger partial charge in [-0.3, -0.25) is 4.79 Å². The number of nitrogens with one attached hydrogen (secondary N) is 1. The zero-order chi connectivity index (χ0) is 13.2. The molecule has 1 atom stereocenters. The zero-order valence-corrected chi connectivity index (χ0v) is 11.1. The average molecular weight is 259 g/mol. The molecular formula is C15H21N3O. The van der Waals surface area contributed by atoms with Gasteiger partial charge < -0.3 is 16.0 Å². The summed E-state index contributed by atoms with van der Waals surface area (Å²) in [5, 5.41) is 3.02. The van der Waals surface area contributed by atoms with Crippen LogP contribution in [0, 0.1) is 5.92 Å². The topological polar surface area (TPSA) is 58.4 Å². The number of nitrogens with two attached hydrogens (primary N) is 1. The molecule has 0 bridgehead atoms. The van der Waals surface area contributed by atoms with E-state index >= 15 is 0 Å². The molecule has 1 aliphatic carbocycles. The molecule has 0 spiro atoms. The summed E-state index contributed by atoms with van der Waals surface area (Å²) in [4.78, 5) is 14.1. The summed E-state index contributed by atoms with van der Waals surface area (Å²) < 4.78 is 0. The molecule has 0 radical (unpaired) electrons. The predicted molar refractivity (Wildman–Crippen MR) is 75.9 cm³/mol. The molecule has 102 valence electrons. The normalized spacial score (nSPS) is 21.9. The summed E-state index contributed by atoms with van der Waals surface area (Å²) in [6, 6.07) is 8.24. The lowest BCUT2D eigenvalue weighted by Crippen LogP contribution is -2.41. The molecule has 1 aromatic carbocycles. The fourth-order valence-corrected chi connectivity index (χ4v) is 2.63. The molecule has 0 saturated heterocycles. The van der Waals surface area contributed by atoms with Crippen molar-refractivity contribution >= 4 is 11.6 Å². The lowest BCUT2D eigenvalue weighted by atomic mass is 9.97. The van der Waals surface area contributed by atoms with Crippen LogP contribution in [0.25, 0.3) is 0 Å². The third-order valence-corrected chi connectivity index (χ3v) is 4.01. The van der Waals surface area contributed by atoms with Crippen molar-refractivity contribution in [3.63, 3.8) is 0 Å². The van der Waals surface area contributed by atoms with E-state index in [9.17, 15) is 4.79 Å². The van der Waals surface area contributed by atoms with Gasteiger partial charge in [0.05, 0.1) is 6.54 Å². The highest BCUT2D eigenvalue weighted by molar-refractivity contribution is 5.82. The van der Waals surface area contributed by atoms with Gasteiger partial charge in [-0.05, 0) is 36.8 Å². The van der Waals surface area contributed by atoms with Gasteiger partial charge in [-0.1, -0.05) is 18.2 Å². The third kappa shape index (κ3) is 2.89. The minimum atomic E-state index is 0.0991. The Morgan fingerprint density at radius 2 is 2.11 bits per heavy atom. The first kappa shape index (κ1) is 12.5. The van der Waals surface area contributed by atoms with Crippen molar-refractivity contribution in [3.05, 3.63) is 29.8 Å². The lowest BCUT2D eigenvalue weighted by Gasteiger charge is -2.33. The molecule has 1 fully saturated rings. The molecule has 4 heteroatoms. The van der Waals surface area contributed by atoms with Gasteiger partial charge in [0, 0.05) is 24.8 Å². The van der Waals surface area contributed by atoms with Crippen LogP contribution in [-0.2, 0) is 4.79 Å². The van der Waals surface area contributed by atoms with Crippen LogP contribution >= 0.6 is 0 Å². The second kappa shape index (κ2) is 5.21. The van der Waals surface area contributed by atoms with Crippen LogP contribution in [0.4, 0.5) is 5.69 Å². The Bertz CT molecular complexity index is 470. The number of carbonyl (C=O) groups excluding carboxylic acids is 1. The first-order chi connectivity index (χ1) is 9.24. The van der Waals surface area contributed by atoms with Crippen LogP contribution < -0.4 is 16.0 Å². The maximum absolute atomic E-state index is 12.0. The van der Waals surface area contributed by atoms with Crippen molar-refractivity contribution in [1.82, 2.24) is 5.32 Å². The number of para-hydroxylation sites is 1. The van der Waals surface area contributed by atoms with Crippen LogP contribution in [0.15, 0.2) is 24.3 Å². The van der Waals surface area contributed by atoms with Crippen LogP contribution in [0.2, 0.25) is 0 Å². The Labute approximate surface area is 114 Å². The van der Waals surface area contributed by atoms with E-state index in [1.54, 1.807) is 0 Å². The Balaban J connectivity index is 1.64. The van der Waals surface area contributed by atoms with Gasteiger partial charge >= 0.3 is 0 Å². The van der Waals surface area contributed by atoms with E-state index in [-0.39, 0.29) is 11.9 Å². The molecule has 1 heterocycles. The lowest BCUT2D eigenvalue weighted by molar-refractivity contribution is -0.119. The van der Waals surface area contributed by atoms with Gasteiger partial charge in [-0.15, -0.1) is 0 Å². The standard InChI is InChI=1S/C15H21N3O/c16-13-7-8-18(14-4-2-1-3-12(13)14)10-15(19)17-9-11-5-6-11/h1-4,11,13H,5-10,16H2,(H,17,19). The predicted octanol–water partition coefficient (Wildman–Crippen LogP) is 1.42. The zero-order valence-electron chi connectivity index (χ0n) is 11.1. The van der Waals surface area contributed by atoms with Gasteiger partial charge in [0.1, 0.15) is 0 Å². The van der Waals surface area contributed by atoms with Crippen LogP contribution in [0.5, 0.6) is 0 Å². The summed E-state index contributed by atoms with van der Waals surface area (Å²) >= 11 is 0. The molecule has 1 unspecified atom stereocenters. The van der Waals surface area contributed by atoms with Crippen molar-refractivity contribution in [3.8, 4) is 0 Å². The summed E-state index contributed by atoms with van der Waals surface area (Å²) in [6.07, 6.45) is 3.44. The van der Waals surface area contributed by atoms with E-state index in [0.717, 1.165) is 36.7 Å². The van der Waals surface area contributed by atoms with Gasteiger partial charge in [0.2, 0.25) is 5.91 Å². The van der Waals surface area contributed by atoms with Crippen molar-refractivity contribution in [1.29, 1.82) is 0 Å². The highest BCUT2D eigenvalue weighted by Gasteiger charge is 2.25. The minimum absolute atomic E-state index is 0.0991. The molecule has 1 amide bonds. The van der Waals surface area contributed by atoms with Crippen LogP contribution in [-0.4, -0.2) is 25.5 Å². The van der Waals surface area contributed by atoms with Crippen LogP contribution in [0.1, 0.15) is 30.9 Å². The molecule has 3 N–H and O–H groups in total. The molecular weight excluding hydrogens is 238 g/mol. The summed E-state index contributed by atoms with van der Waals surface area (Å²) in [6.45, 7) is 2.14. The highest BCUT2D eigenvalue weighted by atomic mass is 16.2. The fraction of sp³-hybridized carbons (Fsp3) is 0.533. The van der Waals surface area contributed by atoms with Crippen molar-refractivity contribution in [2.24, 2.45) is 11.7 Å². The van der Waals surface area contributed by atoms with E-state index in [1.165, 1.54) is 12.8 Å². The largest absolute Gasteiger partial charge is 0.362 e. The van der Waals surface area contributed by atoms with E-state index in [4.69, 9.17) is 5.73 Å². The van der Waals surface area contributed by atoms with E-state index in [0.29, 0.717) is 6.54 Å². The quantitative estimate of drug-likeness (QED) is 0.860. The number of anilines is 1. The maximum Gasteiger partial charge on any atom is 0.239 e. The molecule has 1 aliphatic heterocycles. The molecule has 1 aromatic rings. The molecule has 3 rings (SSSR count). The van der Waals surface area contributed by atoms with Gasteiger partial charge in [-0.25, -0.2) is 0 Å². The Morgan fingerprint density at radius 1 is 1.32 bits per heavy atom. The smallest absolute Gasteiger partial charge is 0.239 e. The number of amides is 1. The molecule has 2 aliphatic rings. The van der Waals surface area contributed by atoms with E-state index in [2.05, 4.69) is 22.3 Å². The molecule has 0 aromatic heterocycles. The highest BCUT2D eigenvalue weighted by Crippen LogP contribution is 2.31. The third-order valence-electron chi connectivity index (χ3n) is 4.01. The first-order valence-corrected chi connectivity index (χ1v) is 7.10. The minimum Gasteiger partial charge on any atom is -0.362 e. The fourth-order valence-electron chi connectivity index (χ4n) is 2.63. The van der Waals surface area contributed by atoms with E-state index in [1.807, 2.05) is 12.1 Å². The number of nitrogens with zero attached hydrogens (tertiary/aromatic N) is 1. The first-order valence-electron chi connectivity index (χ1n) is 7.10. The molecule has 1 saturated carbocycles.